The Hall–Kier alpha value is -2.99. The molecule has 1 unspecified atom stereocenters. The van der Waals surface area contributed by atoms with E-state index in [1.165, 1.54) is 11.1 Å². The first-order chi connectivity index (χ1) is 14.9. The minimum Gasteiger partial charge on any atom is -0.428 e. The van der Waals surface area contributed by atoms with Crippen molar-refractivity contribution >= 4 is 16.7 Å². The van der Waals surface area contributed by atoms with Gasteiger partial charge in [-0.25, -0.2) is 9.89 Å². The van der Waals surface area contributed by atoms with Crippen molar-refractivity contribution in [2.24, 2.45) is 0 Å². The van der Waals surface area contributed by atoms with E-state index in [1.807, 2.05) is 43.3 Å². The second-order valence-corrected chi connectivity index (χ2v) is 10.00. The summed E-state index contributed by atoms with van der Waals surface area (Å²) in [7, 11) is 0. The lowest BCUT2D eigenvalue weighted by Crippen LogP contribution is -2.12. The summed E-state index contributed by atoms with van der Waals surface area (Å²) >= 11 is 0. The number of aromatic nitrogens is 2. The van der Waals surface area contributed by atoms with Crippen LogP contribution in [-0.4, -0.2) is 22.8 Å². The van der Waals surface area contributed by atoms with Gasteiger partial charge in [0, 0.05) is 17.6 Å². The fraction of sp³-hybridized carbons (Fsp3) is 0.423. The third-order valence-electron chi connectivity index (χ3n) is 5.46. The zero-order valence-electron chi connectivity index (χ0n) is 19.9. The highest BCUT2D eigenvalue weighted by atomic mass is 16.7. The van der Waals surface area contributed by atoms with Crippen LogP contribution >= 0.6 is 0 Å². The number of fused-ring (bicyclic) bond motifs is 2. The van der Waals surface area contributed by atoms with Crippen LogP contribution < -0.4 is 5.56 Å². The number of carbonyl (C=O) groups is 1. The predicted octanol–water partition coefficient (Wildman–Crippen LogP) is 5.41. The van der Waals surface area contributed by atoms with Crippen molar-refractivity contribution in [3.05, 3.63) is 75.2 Å². The monoisotopic (exact) mass is 436 g/mol. The van der Waals surface area contributed by atoms with E-state index in [0.717, 1.165) is 10.9 Å². The number of nitrogens with zero attached hydrogens (tertiary/aromatic N) is 1. The highest BCUT2D eigenvalue weighted by Gasteiger charge is 2.32. The van der Waals surface area contributed by atoms with E-state index in [4.69, 9.17) is 9.47 Å². The Labute approximate surface area is 189 Å². The van der Waals surface area contributed by atoms with Gasteiger partial charge in [0.1, 0.15) is 0 Å². The number of ether oxygens (including phenoxy) is 2. The maximum absolute atomic E-state index is 11.6. The Bertz CT molecular complexity index is 1180. The number of rotatable bonds is 2. The molecule has 1 aliphatic heterocycles. The summed E-state index contributed by atoms with van der Waals surface area (Å²) in [5, 5.41) is 7.81. The second kappa shape index (κ2) is 8.87. The number of hydrogen-bond acceptors (Lipinski definition) is 5. The number of cyclic esters (lactones) is 1. The van der Waals surface area contributed by atoms with Gasteiger partial charge < -0.3 is 9.47 Å². The van der Waals surface area contributed by atoms with Crippen molar-refractivity contribution in [3.63, 3.8) is 0 Å². The van der Waals surface area contributed by atoms with Gasteiger partial charge in [-0.3, -0.25) is 4.79 Å². The zero-order chi connectivity index (χ0) is 23.7. The largest absolute Gasteiger partial charge is 0.428 e. The van der Waals surface area contributed by atoms with Gasteiger partial charge in [-0.15, -0.1) is 0 Å². The van der Waals surface area contributed by atoms with Crippen molar-refractivity contribution in [2.45, 2.75) is 65.6 Å². The molecule has 1 aromatic heterocycles. The first-order valence-corrected chi connectivity index (χ1v) is 10.9. The van der Waals surface area contributed by atoms with Crippen LogP contribution in [-0.2, 0) is 20.3 Å². The number of nitrogens with one attached hydrogen (secondary N) is 1. The Morgan fingerprint density at radius 2 is 1.59 bits per heavy atom. The van der Waals surface area contributed by atoms with Gasteiger partial charge in [0.15, 0.2) is 0 Å². The molecule has 0 bridgehead atoms. The lowest BCUT2D eigenvalue weighted by Gasteiger charge is -2.20. The van der Waals surface area contributed by atoms with E-state index in [0.29, 0.717) is 17.6 Å². The van der Waals surface area contributed by atoms with Gasteiger partial charge in [-0.05, 0) is 53.1 Å². The minimum atomic E-state index is -0.537. The molecule has 170 valence electrons. The van der Waals surface area contributed by atoms with E-state index < -0.39 is 6.29 Å². The fourth-order valence-electron chi connectivity index (χ4n) is 3.47. The lowest BCUT2D eigenvalue weighted by molar-refractivity contribution is -0.0993. The van der Waals surface area contributed by atoms with Crippen molar-refractivity contribution in [2.75, 3.05) is 6.61 Å². The molecule has 1 aliphatic rings. The standard InChI is InChI=1S/C14H18O3.C12H14N2O/c1-5-16-13-11-8-9(14(2,3)4)6-7-10(11)12(15)17-13;1-12(2,3)9-4-5-10-8(6-9)7-13-14-11(10)15/h6-8,13H,5H2,1-4H3;4-7H,1-3H3,(H,14,15). The van der Waals surface area contributed by atoms with E-state index in [-0.39, 0.29) is 22.4 Å². The first kappa shape index (κ1) is 23.7. The van der Waals surface area contributed by atoms with Crippen LogP contribution in [0, 0.1) is 0 Å². The zero-order valence-corrected chi connectivity index (χ0v) is 19.9. The Morgan fingerprint density at radius 3 is 2.22 bits per heavy atom. The summed E-state index contributed by atoms with van der Waals surface area (Å²) in [6.07, 6.45) is 1.15. The number of esters is 1. The topological polar surface area (TPSA) is 81.3 Å². The Morgan fingerprint density at radius 1 is 0.969 bits per heavy atom. The van der Waals surface area contributed by atoms with Crippen LogP contribution in [0.2, 0.25) is 0 Å². The van der Waals surface area contributed by atoms with Gasteiger partial charge in [-0.1, -0.05) is 53.7 Å². The van der Waals surface area contributed by atoms with Gasteiger partial charge >= 0.3 is 5.97 Å². The molecule has 3 aromatic rings. The molecule has 2 aromatic carbocycles. The number of benzene rings is 2. The minimum absolute atomic E-state index is 0.0530. The molecular formula is C26H32N2O4. The van der Waals surface area contributed by atoms with Crippen LogP contribution in [0.5, 0.6) is 0 Å². The van der Waals surface area contributed by atoms with Gasteiger partial charge in [0.25, 0.3) is 5.56 Å². The lowest BCUT2D eigenvalue weighted by atomic mass is 9.85. The summed E-state index contributed by atoms with van der Waals surface area (Å²) in [5.74, 6) is -0.293. The number of aromatic amines is 1. The summed E-state index contributed by atoms with van der Waals surface area (Å²) < 4.78 is 10.6. The molecule has 0 aliphatic carbocycles. The molecule has 0 spiro atoms. The summed E-state index contributed by atoms with van der Waals surface area (Å²) in [4.78, 5) is 23.0. The molecule has 0 saturated carbocycles. The normalized spacial score (nSPS) is 15.7. The second-order valence-electron chi connectivity index (χ2n) is 10.00. The third kappa shape index (κ3) is 5.07. The Balaban J connectivity index is 0.000000182. The quantitative estimate of drug-likeness (QED) is 0.543. The molecule has 0 fully saturated rings. The van der Waals surface area contributed by atoms with Gasteiger partial charge in [-0.2, -0.15) is 5.10 Å². The summed E-state index contributed by atoms with van der Waals surface area (Å²) in [6, 6.07) is 11.7. The molecule has 0 radical (unpaired) electrons. The van der Waals surface area contributed by atoms with Crippen molar-refractivity contribution in [1.29, 1.82) is 0 Å². The Kier molecular flexibility index (Phi) is 6.56. The van der Waals surface area contributed by atoms with E-state index in [1.54, 1.807) is 6.20 Å². The predicted molar refractivity (Wildman–Crippen MR) is 126 cm³/mol. The van der Waals surface area contributed by atoms with E-state index in [2.05, 4.69) is 51.7 Å². The van der Waals surface area contributed by atoms with Crippen molar-refractivity contribution in [1.82, 2.24) is 10.2 Å². The first-order valence-electron chi connectivity index (χ1n) is 10.9. The van der Waals surface area contributed by atoms with Crippen LogP contribution in [0.25, 0.3) is 10.8 Å². The smallest absolute Gasteiger partial charge is 0.341 e. The molecular weight excluding hydrogens is 404 g/mol. The molecule has 6 heteroatoms. The molecule has 0 amide bonds. The highest BCUT2D eigenvalue weighted by Crippen LogP contribution is 2.35. The molecule has 0 saturated heterocycles. The maximum Gasteiger partial charge on any atom is 0.341 e. The molecule has 2 heterocycles. The van der Waals surface area contributed by atoms with Crippen LogP contribution in [0.15, 0.2) is 47.4 Å². The summed E-state index contributed by atoms with van der Waals surface area (Å²) in [6.45, 7) is 15.3. The number of hydrogen-bond donors (Lipinski definition) is 1. The average Bonchev–Trinajstić information content (AvgIpc) is 3.02. The van der Waals surface area contributed by atoms with Gasteiger partial charge in [0.05, 0.1) is 17.1 Å². The number of carbonyl (C=O) groups excluding carboxylic acids is 1. The van der Waals surface area contributed by atoms with Crippen molar-refractivity contribution in [3.8, 4) is 0 Å². The van der Waals surface area contributed by atoms with Crippen LogP contribution in [0.1, 0.15) is 81.8 Å². The van der Waals surface area contributed by atoms with Crippen LogP contribution in [0.3, 0.4) is 0 Å². The van der Waals surface area contributed by atoms with Crippen molar-refractivity contribution < 1.29 is 14.3 Å². The number of H-pyrrole nitrogens is 1. The van der Waals surface area contributed by atoms with E-state index in [9.17, 15) is 9.59 Å². The molecule has 4 rings (SSSR count). The maximum atomic E-state index is 11.6. The van der Waals surface area contributed by atoms with E-state index >= 15 is 0 Å². The SMILES string of the molecule is CC(C)(C)c1ccc2c(=O)[nH]ncc2c1.CCOC1OC(=O)c2ccc(C(C)(C)C)cc21. The summed E-state index contributed by atoms with van der Waals surface area (Å²) in [5.41, 5.74) is 3.88. The fourth-order valence-corrected chi connectivity index (χ4v) is 3.47. The molecule has 6 nitrogen and oxygen atoms in total. The van der Waals surface area contributed by atoms with Crippen LogP contribution in [0.4, 0.5) is 0 Å². The molecule has 32 heavy (non-hydrogen) atoms. The highest BCUT2D eigenvalue weighted by molar-refractivity contribution is 5.94. The third-order valence-corrected chi connectivity index (χ3v) is 5.46. The van der Waals surface area contributed by atoms with Gasteiger partial charge in [0.2, 0.25) is 6.29 Å². The molecule has 1 atom stereocenters. The molecule has 1 N–H and O–H groups in total. The average molecular weight is 437 g/mol.